The molecule has 556 valence electrons. The van der Waals surface area contributed by atoms with Crippen LogP contribution in [0.15, 0.2) is 48.6 Å². The number of Topliss-reactive ketones (excluding diaryl/α,β-unsaturated/α-hetero) is 3. The summed E-state index contributed by atoms with van der Waals surface area (Å²) in [5.41, 5.74) is 8.65. The Morgan fingerprint density at radius 1 is 0.693 bits per heavy atom. The predicted molar refractivity (Wildman–Crippen MR) is 352 cm³/mol. The number of amides is 5. The van der Waals surface area contributed by atoms with E-state index in [1.807, 2.05) is 0 Å². The van der Waals surface area contributed by atoms with Crippen LogP contribution in [0.2, 0.25) is 0 Å². The van der Waals surface area contributed by atoms with Gasteiger partial charge in [-0.05, 0) is 86.5 Å². The lowest BCUT2D eigenvalue weighted by atomic mass is 9.81. The quantitative estimate of drug-likeness (QED) is 0.0381. The first kappa shape index (κ1) is 75.9. The van der Waals surface area contributed by atoms with Crippen LogP contribution >= 0.6 is 0 Å². The van der Waals surface area contributed by atoms with Gasteiger partial charge in [-0.1, -0.05) is 51.3 Å². The van der Waals surface area contributed by atoms with Crippen LogP contribution < -0.4 is 16.4 Å². The number of methoxy groups -OCH3 is 1. The molecule has 0 radical (unpaired) electrons. The Kier molecular flexibility index (Phi) is 25.6. The number of benzene rings is 1. The Morgan fingerprint density at radius 2 is 1.38 bits per heavy atom. The number of ketones is 3. The fourth-order valence-corrected chi connectivity index (χ4v) is 16.1. The molecule has 1 spiro atoms. The number of hydrogen-bond donors (Lipinski definition) is 4. The standard InChI is InChI=1S/C73H100N4O24/c1-38-27-47-12-14-54-39(2)28-49(93-54)19-22-73-36-59-68(99-73)69-70(98-59)71(100-73)67-55(97-69)15-13-48(95-67)31-46(79)32-50-57(35-56(94-47)41(38)4)96-58(66(50)89-6)33-45(78)11-18-64(86)92-37-44-9-7-43(8-10-44)30-53(81)51(34-60(74)82)76-72(88)40(3)29-52(80)42(5)75-61(83)20-23-90-25-26-91-24-21-65(87)101-77-62(84)16-17-63(77)85/h7-10,38,40,42,45,47-51,54-59,66-71,78H,2,4,11-37H2,1,3,5-6H3,(H2,74,82)(H,75,83)(H,76,88)/t38?,40-,42+,45-,47+,48?,49+,50+,51+,54?,55+,56?,57+,58-,59?,66-,67+,68?,69+,70-,71+,73+/m1/s1. The fourth-order valence-electron chi connectivity index (χ4n) is 16.1. The van der Waals surface area contributed by atoms with Crippen LogP contribution in [-0.4, -0.2) is 218 Å². The molecule has 101 heavy (non-hydrogen) atoms. The summed E-state index contributed by atoms with van der Waals surface area (Å²) in [6, 6.07) is 4.35. The number of hydrogen-bond acceptors (Lipinski definition) is 24. The minimum atomic E-state index is -1.31. The topological polar surface area (TPSA) is 364 Å². The highest BCUT2D eigenvalue weighted by molar-refractivity contribution is 6.01. The molecule has 6 unspecified atom stereocenters. The second kappa shape index (κ2) is 34.1. The van der Waals surface area contributed by atoms with Crippen molar-refractivity contribution in [3.8, 4) is 0 Å². The number of nitrogens with zero attached hydrogens (tertiary/aromatic N) is 1. The number of carbonyl (C=O) groups excluding carboxylic acids is 10. The molecule has 12 rings (SSSR count). The van der Waals surface area contributed by atoms with Crippen molar-refractivity contribution in [2.45, 2.75) is 284 Å². The van der Waals surface area contributed by atoms with Crippen molar-refractivity contribution in [2.75, 3.05) is 33.5 Å². The number of esters is 1. The number of carbonyl (C=O) groups is 10. The average molecular weight is 1420 g/mol. The maximum Gasteiger partial charge on any atom is 0.335 e. The van der Waals surface area contributed by atoms with Gasteiger partial charge in [-0.2, -0.15) is 0 Å². The van der Waals surface area contributed by atoms with Gasteiger partial charge in [0, 0.05) is 96.0 Å². The fraction of sp³-hybridized carbons (Fsp3) is 0.726. The summed E-state index contributed by atoms with van der Waals surface area (Å²) in [7, 11) is 1.59. The van der Waals surface area contributed by atoms with E-state index in [2.05, 4.69) is 30.7 Å². The number of fused-ring (bicyclic) bond motifs is 6. The molecule has 5 amide bonds. The molecule has 28 nitrogen and oxygen atoms in total. The molecule has 28 heteroatoms. The number of aliphatic hydroxyl groups excluding tert-OH is 1. The molecular formula is C73H100N4O24. The lowest BCUT2D eigenvalue weighted by molar-refractivity contribution is -0.292. The third kappa shape index (κ3) is 19.2. The van der Waals surface area contributed by atoms with E-state index < -0.39 is 126 Å². The van der Waals surface area contributed by atoms with Gasteiger partial charge in [0.25, 0.3) is 11.8 Å². The van der Waals surface area contributed by atoms with Gasteiger partial charge < -0.3 is 83.2 Å². The lowest BCUT2D eigenvalue weighted by Crippen LogP contribution is -2.61. The normalized spacial score (nSPS) is 34.1. The Labute approximate surface area is 587 Å². The Hall–Kier alpha value is -6.28. The third-order valence-corrected chi connectivity index (χ3v) is 21.6. The summed E-state index contributed by atoms with van der Waals surface area (Å²) in [6.45, 7) is 14.0. The molecule has 22 atom stereocenters. The SMILES string of the molecule is C=C1C[C@@H]2CC[C@@]34CC5O[C@H]6[C@@H](O3)[C@H]3OC(CC[C@@H]3O[C@H]6C5O4)CC(=O)C[C@@H]3[C@@H](OC)[C@@H](C[C@H](O)CCC(=O)OCc4ccc(CC(=O)[C@H](CC(N)=O)NC(=O)[C@H](C)CC(=O)[C@H](C)NC(=O)CCOCCOCCC(=O)ON5C(=O)CCC5=O)cc4)O[C@H]3CC3O[C@@H](CCC1O2)CC(C)C3=C. The van der Waals surface area contributed by atoms with Crippen molar-refractivity contribution in [3.63, 3.8) is 0 Å². The van der Waals surface area contributed by atoms with E-state index in [9.17, 15) is 53.1 Å². The molecule has 0 aromatic heterocycles. The molecule has 11 heterocycles. The van der Waals surface area contributed by atoms with Crippen LogP contribution in [0, 0.1) is 17.8 Å². The summed E-state index contributed by atoms with van der Waals surface area (Å²) < 4.78 is 77.1. The molecule has 11 aliphatic heterocycles. The number of nitrogens with one attached hydrogen (secondary N) is 2. The summed E-state index contributed by atoms with van der Waals surface area (Å²) in [4.78, 5) is 132. The van der Waals surface area contributed by atoms with E-state index in [4.69, 9.17) is 67.4 Å². The Balaban J connectivity index is 0.619. The van der Waals surface area contributed by atoms with E-state index in [0.717, 1.165) is 43.3 Å². The smallest absolute Gasteiger partial charge is 0.335 e. The molecule has 0 aliphatic carbocycles. The van der Waals surface area contributed by atoms with Crippen LogP contribution in [0.3, 0.4) is 0 Å². The molecule has 11 aliphatic rings. The summed E-state index contributed by atoms with van der Waals surface area (Å²) in [5.74, 6) is -7.61. The van der Waals surface area contributed by atoms with Crippen molar-refractivity contribution in [1.82, 2.24) is 15.7 Å². The summed E-state index contributed by atoms with van der Waals surface area (Å²) >= 11 is 0. The average Bonchev–Trinajstić information content (AvgIpc) is 1.55. The highest BCUT2D eigenvalue weighted by Crippen LogP contribution is 2.55. The van der Waals surface area contributed by atoms with Crippen LogP contribution in [0.5, 0.6) is 0 Å². The van der Waals surface area contributed by atoms with E-state index in [1.54, 1.807) is 31.4 Å². The van der Waals surface area contributed by atoms with E-state index in [1.165, 1.54) is 13.8 Å². The molecule has 11 fully saturated rings. The lowest BCUT2D eigenvalue weighted by Gasteiger charge is -2.47. The third-order valence-electron chi connectivity index (χ3n) is 21.6. The molecule has 5 N–H and O–H groups in total. The van der Waals surface area contributed by atoms with Crippen LogP contribution in [0.1, 0.15) is 167 Å². The zero-order valence-electron chi connectivity index (χ0n) is 58.3. The maximum absolute atomic E-state index is 14.5. The number of hydroxylamine groups is 2. The summed E-state index contributed by atoms with van der Waals surface area (Å²) in [6.07, 6.45) is 0.0581. The number of aliphatic hydroxyl groups is 1. The van der Waals surface area contributed by atoms with Crippen LogP contribution in [0.4, 0.5) is 0 Å². The molecule has 1 aromatic rings. The van der Waals surface area contributed by atoms with Crippen molar-refractivity contribution in [3.05, 3.63) is 59.7 Å². The van der Waals surface area contributed by atoms with Gasteiger partial charge in [0.05, 0.1) is 118 Å². The highest BCUT2D eigenvalue weighted by Gasteiger charge is 2.69. The van der Waals surface area contributed by atoms with Gasteiger partial charge in [-0.25, -0.2) is 4.79 Å². The van der Waals surface area contributed by atoms with Gasteiger partial charge in [-0.3, -0.25) is 43.2 Å². The van der Waals surface area contributed by atoms with Crippen molar-refractivity contribution < 1.29 is 115 Å². The first-order valence-electron chi connectivity index (χ1n) is 36.1. The molecule has 12 bridgehead atoms. The van der Waals surface area contributed by atoms with Gasteiger partial charge in [0.2, 0.25) is 17.7 Å². The summed E-state index contributed by atoms with van der Waals surface area (Å²) in [5, 5.41) is 17.2. The zero-order valence-corrected chi connectivity index (χ0v) is 58.3. The van der Waals surface area contributed by atoms with Gasteiger partial charge in [-0.15, -0.1) is 5.06 Å². The van der Waals surface area contributed by atoms with Crippen LogP contribution in [0.25, 0.3) is 0 Å². The largest absolute Gasteiger partial charge is 0.461 e. The van der Waals surface area contributed by atoms with Gasteiger partial charge in [0.1, 0.15) is 42.9 Å². The predicted octanol–water partition coefficient (Wildman–Crippen LogP) is 4.00. The van der Waals surface area contributed by atoms with Gasteiger partial charge >= 0.3 is 11.9 Å². The number of rotatable bonds is 29. The second-order valence-corrected chi connectivity index (χ2v) is 29.2. The zero-order chi connectivity index (χ0) is 71.8. The highest BCUT2D eigenvalue weighted by atomic mass is 16.8. The van der Waals surface area contributed by atoms with E-state index >= 15 is 0 Å². The van der Waals surface area contributed by atoms with Crippen molar-refractivity contribution in [2.24, 2.45) is 23.5 Å². The van der Waals surface area contributed by atoms with E-state index in [0.29, 0.717) is 48.3 Å². The monoisotopic (exact) mass is 1420 g/mol. The first-order valence-corrected chi connectivity index (χ1v) is 36.1. The first-order chi connectivity index (χ1) is 48.4. The van der Waals surface area contributed by atoms with Crippen molar-refractivity contribution >= 4 is 58.8 Å². The minimum absolute atomic E-state index is 0.00222. The van der Waals surface area contributed by atoms with E-state index in [-0.39, 0.29) is 176 Å². The molecular weight excluding hydrogens is 1320 g/mol. The number of imide groups is 1. The Morgan fingerprint density at radius 3 is 2.12 bits per heavy atom. The number of ether oxygens (including phenoxy) is 12. The molecule has 11 saturated heterocycles. The molecule has 1 aromatic carbocycles. The Bertz CT molecular complexity index is 3200. The number of nitrogens with two attached hydrogens (primary N) is 1. The van der Waals surface area contributed by atoms with Gasteiger partial charge in [0.15, 0.2) is 17.4 Å². The maximum atomic E-state index is 14.5. The van der Waals surface area contributed by atoms with Crippen LogP contribution in [-0.2, 0) is 123 Å². The minimum Gasteiger partial charge on any atom is -0.461 e. The van der Waals surface area contributed by atoms with Crippen molar-refractivity contribution in [1.29, 1.82) is 0 Å². The molecule has 0 saturated carbocycles. The second-order valence-electron chi connectivity index (χ2n) is 29.2. The number of primary amides is 1.